The number of likely N-dealkylation sites (tertiary alicyclic amines) is 1. The molecule has 0 aromatic heterocycles. The van der Waals surface area contributed by atoms with Gasteiger partial charge in [-0.2, -0.15) is 5.26 Å². The Kier molecular flexibility index (Phi) is 5.88. The topological polar surface area (TPSA) is 66.6 Å². The predicted octanol–water partition coefficient (Wildman–Crippen LogP) is 1.72. The van der Waals surface area contributed by atoms with Crippen LogP contribution >= 0.6 is 0 Å². The van der Waals surface area contributed by atoms with Crippen molar-refractivity contribution >= 4 is 5.91 Å². The number of quaternary nitrogens is 1. The molecule has 134 valence electrons. The standard InChI is InChI=1S/C21H23N3O2/c1-26-19-10-8-17(9-11-19)20(24-12-2-3-13-24)15-23-21(25)18-6-4-16(14-22)5-7-18/h4-11,20H,2-3,12-13,15H2,1H3,(H,23,25)/p+1/t20-/m1/s1. The van der Waals surface area contributed by atoms with Crippen LogP contribution in [0.25, 0.3) is 0 Å². The first-order chi connectivity index (χ1) is 12.7. The highest BCUT2D eigenvalue weighted by Crippen LogP contribution is 2.16. The van der Waals surface area contributed by atoms with Crippen molar-refractivity contribution in [3.05, 3.63) is 65.2 Å². The van der Waals surface area contributed by atoms with E-state index in [2.05, 4.69) is 23.5 Å². The average molecular weight is 350 g/mol. The van der Waals surface area contributed by atoms with E-state index in [1.807, 2.05) is 12.1 Å². The van der Waals surface area contributed by atoms with Gasteiger partial charge in [-0.15, -0.1) is 0 Å². The zero-order valence-electron chi connectivity index (χ0n) is 15.0. The van der Waals surface area contributed by atoms with Crippen molar-refractivity contribution in [2.24, 2.45) is 0 Å². The largest absolute Gasteiger partial charge is 0.497 e. The molecule has 3 rings (SSSR count). The quantitative estimate of drug-likeness (QED) is 0.834. The number of nitriles is 1. The summed E-state index contributed by atoms with van der Waals surface area (Å²) in [6.45, 7) is 2.84. The number of rotatable bonds is 6. The number of nitrogens with zero attached hydrogens (tertiary/aromatic N) is 1. The molecular weight excluding hydrogens is 326 g/mol. The van der Waals surface area contributed by atoms with E-state index < -0.39 is 0 Å². The second kappa shape index (κ2) is 8.50. The van der Waals surface area contributed by atoms with Crippen LogP contribution in [0.2, 0.25) is 0 Å². The lowest BCUT2D eigenvalue weighted by Crippen LogP contribution is -3.11. The third-order valence-electron chi connectivity index (χ3n) is 5.00. The van der Waals surface area contributed by atoms with Crippen LogP contribution in [0.15, 0.2) is 48.5 Å². The third-order valence-corrected chi connectivity index (χ3v) is 5.00. The molecule has 0 aliphatic carbocycles. The minimum absolute atomic E-state index is 0.105. The maximum atomic E-state index is 12.5. The summed E-state index contributed by atoms with van der Waals surface area (Å²) in [5, 5.41) is 11.9. The summed E-state index contributed by atoms with van der Waals surface area (Å²) in [5.41, 5.74) is 2.34. The van der Waals surface area contributed by atoms with E-state index in [1.165, 1.54) is 23.3 Å². The molecule has 0 unspecified atom stereocenters. The van der Waals surface area contributed by atoms with Gasteiger partial charge in [0.05, 0.1) is 38.4 Å². The summed E-state index contributed by atoms with van der Waals surface area (Å²) in [5.74, 6) is 0.733. The molecule has 1 atom stereocenters. The van der Waals surface area contributed by atoms with E-state index >= 15 is 0 Å². The summed E-state index contributed by atoms with van der Waals surface area (Å²) >= 11 is 0. The zero-order valence-corrected chi connectivity index (χ0v) is 15.0. The van der Waals surface area contributed by atoms with Gasteiger partial charge < -0.3 is 15.0 Å². The number of ether oxygens (including phenoxy) is 1. The van der Waals surface area contributed by atoms with Crippen molar-refractivity contribution in [2.45, 2.75) is 18.9 Å². The number of benzene rings is 2. The number of methoxy groups -OCH3 is 1. The van der Waals surface area contributed by atoms with Crippen LogP contribution in [-0.4, -0.2) is 32.7 Å². The van der Waals surface area contributed by atoms with Crippen LogP contribution in [-0.2, 0) is 0 Å². The first-order valence-electron chi connectivity index (χ1n) is 8.98. The fraction of sp³-hybridized carbons (Fsp3) is 0.333. The van der Waals surface area contributed by atoms with Crippen molar-refractivity contribution in [2.75, 3.05) is 26.7 Å². The fourth-order valence-corrected chi connectivity index (χ4v) is 3.50. The Morgan fingerprint density at radius 1 is 1.15 bits per heavy atom. The van der Waals surface area contributed by atoms with Crippen molar-refractivity contribution in [3.8, 4) is 11.8 Å². The molecule has 0 spiro atoms. The van der Waals surface area contributed by atoms with Gasteiger partial charge in [0.15, 0.2) is 0 Å². The van der Waals surface area contributed by atoms with E-state index in [-0.39, 0.29) is 11.9 Å². The molecule has 2 aromatic carbocycles. The van der Waals surface area contributed by atoms with E-state index in [1.54, 1.807) is 31.4 Å². The SMILES string of the molecule is COc1ccc([C@@H](CNC(=O)c2ccc(C#N)cc2)[NH+]2CCCC2)cc1. The molecule has 1 saturated heterocycles. The molecule has 1 aliphatic heterocycles. The monoisotopic (exact) mass is 350 g/mol. The van der Waals surface area contributed by atoms with Crippen LogP contribution in [0.1, 0.15) is 40.4 Å². The maximum Gasteiger partial charge on any atom is 0.251 e. The highest BCUT2D eigenvalue weighted by atomic mass is 16.5. The highest BCUT2D eigenvalue weighted by molar-refractivity contribution is 5.94. The van der Waals surface area contributed by atoms with Crippen molar-refractivity contribution < 1.29 is 14.4 Å². The van der Waals surface area contributed by atoms with Gasteiger partial charge in [0.25, 0.3) is 5.91 Å². The summed E-state index contributed by atoms with van der Waals surface area (Å²) in [7, 11) is 1.66. The lowest BCUT2D eigenvalue weighted by atomic mass is 10.0. The number of carbonyl (C=O) groups excluding carboxylic acids is 1. The molecule has 1 fully saturated rings. The summed E-state index contributed by atoms with van der Waals surface area (Å²) < 4.78 is 5.25. The molecule has 0 radical (unpaired) electrons. The minimum Gasteiger partial charge on any atom is -0.497 e. The molecule has 5 nitrogen and oxygen atoms in total. The first kappa shape index (κ1) is 18.0. The van der Waals surface area contributed by atoms with Crippen LogP contribution in [0.3, 0.4) is 0 Å². The summed E-state index contributed by atoms with van der Waals surface area (Å²) in [6.07, 6.45) is 2.46. The predicted molar refractivity (Wildman–Crippen MR) is 99.2 cm³/mol. The van der Waals surface area contributed by atoms with E-state index in [0.29, 0.717) is 17.7 Å². The molecule has 1 aliphatic rings. The molecule has 0 saturated carbocycles. The summed E-state index contributed by atoms with van der Waals surface area (Å²) in [4.78, 5) is 14.0. The fourth-order valence-electron chi connectivity index (χ4n) is 3.50. The second-order valence-electron chi connectivity index (χ2n) is 6.59. The number of hydrogen-bond acceptors (Lipinski definition) is 3. The highest BCUT2D eigenvalue weighted by Gasteiger charge is 2.27. The van der Waals surface area contributed by atoms with Crippen LogP contribution in [0.5, 0.6) is 5.75 Å². The molecule has 2 N–H and O–H groups in total. The first-order valence-corrected chi connectivity index (χ1v) is 8.98. The van der Waals surface area contributed by atoms with Gasteiger partial charge in [-0.1, -0.05) is 0 Å². The number of nitrogens with one attached hydrogen (secondary N) is 2. The van der Waals surface area contributed by atoms with Crippen LogP contribution < -0.4 is 15.0 Å². The molecule has 5 heteroatoms. The van der Waals surface area contributed by atoms with Gasteiger partial charge in [-0.25, -0.2) is 0 Å². The normalized spacial score (nSPS) is 15.2. The van der Waals surface area contributed by atoms with Crippen molar-refractivity contribution in [1.29, 1.82) is 5.26 Å². The van der Waals surface area contributed by atoms with Crippen LogP contribution in [0, 0.1) is 11.3 Å². The molecule has 0 bridgehead atoms. The Balaban J connectivity index is 1.70. The van der Waals surface area contributed by atoms with Gasteiger partial charge in [0.2, 0.25) is 0 Å². The Bertz CT molecular complexity index is 772. The Labute approximate surface area is 154 Å². The molecule has 1 amide bonds. The maximum absolute atomic E-state index is 12.5. The number of carbonyl (C=O) groups is 1. The molecule has 1 heterocycles. The van der Waals surface area contributed by atoms with E-state index in [9.17, 15) is 4.79 Å². The minimum atomic E-state index is -0.105. The average Bonchev–Trinajstić information content (AvgIpc) is 3.23. The Morgan fingerprint density at radius 3 is 2.38 bits per heavy atom. The van der Waals surface area contributed by atoms with Crippen molar-refractivity contribution in [3.63, 3.8) is 0 Å². The lowest BCUT2D eigenvalue weighted by Gasteiger charge is -2.25. The Hall–Kier alpha value is -2.84. The van der Waals surface area contributed by atoms with Gasteiger partial charge in [0.1, 0.15) is 11.8 Å². The van der Waals surface area contributed by atoms with Crippen molar-refractivity contribution in [1.82, 2.24) is 5.32 Å². The number of amides is 1. The smallest absolute Gasteiger partial charge is 0.251 e. The van der Waals surface area contributed by atoms with Gasteiger partial charge >= 0.3 is 0 Å². The third kappa shape index (κ3) is 4.22. The molecule has 26 heavy (non-hydrogen) atoms. The van der Waals surface area contributed by atoms with E-state index in [4.69, 9.17) is 10.00 Å². The Morgan fingerprint density at radius 2 is 1.81 bits per heavy atom. The van der Waals surface area contributed by atoms with Gasteiger partial charge in [-0.3, -0.25) is 4.79 Å². The van der Waals surface area contributed by atoms with Gasteiger partial charge in [-0.05, 0) is 48.5 Å². The van der Waals surface area contributed by atoms with Gasteiger partial charge in [0, 0.05) is 24.0 Å². The summed E-state index contributed by atoms with van der Waals surface area (Å²) in [6, 6.07) is 17.1. The second-order valence-corrected chi connectivity index (χ2v) is 6.59. The number of hydrogen-bond donors (Lipinski definition) is 2. The van der Waals surface area contributed by atoms with Crippen LogP contribution in [0.4, 0.5) is 0 Å². The lowest BCUT2D eigenvalue weighted by molar-refractivity contribution is -0.918. The molecular formula is C21H24N3O2+. The zero-order chi connectivity index (χ0) is 18.4. The van der Waals surface area contributed by atoms with E-state index in [0.717, 1.165) is 18.8 Å². The molecule has 2 aromatic rings.